The summed E-state index contributed by atoms with van der Waals surface area (Å²) < 4.78 is 1.75. The highest BCUT2D eigenvalue weighted by Gasteiger charge is 2.21. The Morgan fingerprint density at radius 2 is 2.40 bits per heavy atom. The molecule has 0 saturated heterocycles. The molecule has 2 rings (SSSR count). The molecule has 1 aliphatic carbocycles. The van der Waals surface area contributed by atoms with Gasteiger partial charge in [-0.2, -0.15) is 0 Å². The molecule has 1 amide bonds. The van der Waals surface area contributed by atoms with Gasteiger partial charge in [0.05, 0.1) is 5.69 Å². The van der Waals surface area contributed by atoms with Crippen LogP contribution in [-0.2, 0) is 7.05 Å². The number of aryl methyl sites for hydroxylation is 1. The van der Waals surface area contributed by atoms with Gasteiger partial charge in [-0.05, 0) is 18.4 Å². The largest absolute Gasteiger partial charge is 0.397 e. The fraction of sp³-hybridized carbons (Fsp3) is 0.545. The molecule has 1 heterocycles. The summed E-state index contributed by atoms with van der Waals surface area (Å²) in [5.74, 6) is 0.818. The number of carbonyl (C=O) groups is 1. The summed E-state index contributed by atoms with van der Waals surface area (Å²) in [6.07, 6.45) is 5.50. The van der Waals surface area contributed by atoms with E-state index >= 15 is 0 Å². The van der Waals surface area contributed by atoms with Crippen molar-refractivity contribution in [2.24, 2.45) is 13.0 Å². The second kappa shape index (κ2) is 3.96. The Labute approximate surface area is 89.5 Å². The molecule has 0 aliphatic heterocycles. The molecule has 3 N–H and O–H groups in total. The summed E-state index contributed by atoms with van der Waals surface area (Å²) >= 11 is 0. The molecule has 15 heavy (non-hydrogen) atoms. The maximum atomic E-state index is 11.7. The molecule has 0 unspecified atom stereocenters. The van der Waals surface area contributed by atoms with Crippen LogP contribution in [-0.4, -0.2) is 17.0 Å². The summed E-state index contributed by atoms with van der Waals surface area (Å²) in [5.41, 5.74) is 6.86. The van der Waals surface area contributed by atoms with Crippen LogP contribution in [0.4, 0.5) is 5.69 Å². The average Bonchev–Trinajstić information content (AvgIpc) is 2.92. The standard InChI is InChI=1S/C11H17N3O/c1-14-7-9(12)6-10(14)11(15)13-5-4-8-2-3-8/h6-8H,2-5,12H2,1H3,(H,13,15). The zero-order chi connectivity index (χ0) is 10.8. The van der Waals surface area contributed by atoms with E-state index in [1.807, 2.05) is 7.05 Å². The lowest BCUT2D eigenvalue weighted by Crippen LogP contribution is -2.26. The van der Waals surface area contributed by atoms with Crippen LogP contribution in [0.25, 0.3) is 0 Å². The van der Waals surface area contributed by atoms with Gasteiger partial charge in [0.1, 0.15) is 5.69 Å². The Morgan fingerprint density at radius 1 is 1.67 bits per heavy atom. The average molecular weight is 207 g/mol. The number of amides is 1. The Balaban J connectivity index is 1.86. The predicted octanol–water partition coefficient (Wildman–Crippen LogP) is 1.14. The van der Waals surface area contributed by atoms with Crippen molar-refractivity contribution in [3.63, 3.8) is 0 Å². The van der Waals surface area contributed by atoms with Crippen molar-refractivity contribution in [3.05, 3.63) is 18.0 Å². The molecule has 0 bridgehead atoms. The Bertz CT molecular complexity index is 366. The maximum absolute atomic E-state index is 11.7. The van der Waals surface area contributed by atoms with Crippen LogP contribution in [0.2, 0.25) is 0 Å². The van der Waals surface area contributed by atoms with Gasteiger partial charge >= 0.3 is 0 Å². The highest BCUT2D eigenvalue weighted by Crippen LogP contribution is 2.31. The van der Waals surface area contributed by atoms with Gasteiger partial charge in [-0.1, -0.05) is 12.8 Å². The van der Waals surface area contributed by atoms with Crippen LogP contribution in [0, 0.1) is 5.92 Å². The monoisotopic (exact) mass is 207 g/mol. The highest BCUT2D eigenvalue weighted by atomic mass is 16.1. The van der Waals surface area contributed by atoms with Crippen LogP contribution in [0.1, 0.15) is 29.8 Å². The zero-order valence-corrected chi connectivity index (χ0v) is 8.99. The lowest BCUT2D eigenvalue weighted by Gasteiger charge is -2.04. The Morgan fingerprint density at radius 3 is 2.93 bits per heavy atom. The molecule has 82 valence electrons. The minimum absolute atomic E-state index is 0.0325. The minimum Gasteiger partial charge on any atom is -0.397 e. The quantitative estimate of drug-likeness (QED) is 0.777. The summed E-state index contributed by atoms with van der Waals surface area (Å²) in [7, 11) is 1.83. The van der Waals surface area contributed by atoms with Gasteiger partial charge in [0, 0.05) is 19.8 Å². The molecular weight excluding hydrogens is 190 g/mol. The second-order valence-corrected chi connectivity index (χ2v) is 4.26. The third-order valence-electron chi connectivity index (χ3n) is 2.79. The van der Waals surface area contributed by atoms with E-state index in [0.29, 0.717) is 11.4 Å². The smallest absolute Gasteiger partial charge is 0.267 e. The SMILES string of the molecule is Cn1cc(N)cc1C(=O)NCCC1CC1. The third kappa shape index (κ3) is 2.52. The predicted molar refractivity (Wildman–Crippen MR) is 59.5 cm³/mol. The van der Waals surface area contributed by atoms with E-state index in [1.54, 1.807) is 16.8 Å². The number of aromatic nitrogens is 1. The van der Waals surface area contributed by atoms with Gasteiger partial charge in [0.2, 0.25) is 0 Å². The van der Waals surface area contributed by atoms with E-state index in [4.69, 9.17) is 5.73 Å². The first-order valence-corrected chi connectivity index (χ1v) is 5.37. The van der Waals surface area contributed by atoms with Crippen molar-refractivity contribution in [2.75, 3.05) is 12.3 Å². The number of nitrogens with zero attached hydrogens (tertiary/aromatic N) is 1. The van der Waals surface area contributed by atoms with Crippen molar-refractivity contribution in [2.45, 2.75) is 19.3 Å². The summed E-state index contributed by atoms with van der Waals surface area (Å²) in [6, 6.07) is 1.70. The molecule has 1 saturated carbocycles. The van der Waals surface area contributed by atoms with Crippen molar-refractivity contribution in [1.82, 2.24) is 9.88 Å². The first kappa shape index (κ1) is 10.1. The van der Waals surface area contributed by atoms with Gasteiger partial charge in [-0.3, -0.25) is 4.79 Å². The number of rotatable bonds is 4. The summed E-state index contributed by atoms with van der Waals surface area (Å²) in [4.78, 5) is 11.7. The van der Waals surface area contributed by atoms with Gasteiger partial charge < -0.3 is 15.6 Å². The van der Waals surface area contributed by atoms with E-state index in [2.05, 4.69) is 5.32 Å². The van der Waals surface area contributed by atoms with Crippen LogP contribution in [0.5, 0.6) is 0 Å². The van der Waals surface area contributed by atoms with E-state index in [-0.39, 0.29) is 5.91 Å². The fourth-order valence-electron chi connectivity index (χ4n) is 1.70. The van der Waals surface area contributed by atoms with E-state index in [9.17, 15) is 4.79 Å². The molecule has 1 aliphatic rings. The summed E-state index contributed by atoms with van der Waals surface area (Å²) in [6.45, 7) is 0.772. The van der Waals surface area contributed by atoms with Crippen molar-refractivity contribution in [3.8, 4) is 0 Å². The molecule has 1 aromatic heterocycles. The molecule has 1 fully saturated rings. The molecule has 4 heteroatoms. The molecule has 0 aromatic carbocycles. The Hall–Kier alpha value is -1.45. The molecule has 0 atom stereocenters. The normalized spacial score (nSPS) is 15.3. The van der Waals surface area contributed by atoms with Crippen LogP contribution in [0.15, 0.2) is 12.3 Å². The van der Waals surface area contributed by atoms with Crippen LogP contribution < -0.4 is 11.1 Å². The maximum Gasteiger partial charge on any atom is 0.267 e. The number of hydrogen-bond acceptors (Lipinski definition) is 2. The second-order valence-electron chi connectivity index (χ2n) is 4.26. The van der Waals surface area contributed by atoms with Gasteiger partial charge in [-0.15, -0.1) is 0 Å². The summed E-state index contributed by atoms with van der Waals surface area (Å²) in [5, 5.41) is 2.91. The van der Waals surface area contributed by atoms with Crippen molar-refractivity contribution < 1.29 is 4.79 Å². The van der Waals surface area contributed by atoms with Crippen molar-refractivity contribution in [1.29, 1.82) is 0 Å². The van der Waals surface area contributed by atoms with Gasteiger partial charge in [-0.25, -0.2) is 0 Å². The molecule has 4 nitrogen and oxygen atoms in total. The molecule has 1 aromatic rings. The topological polar surface area (TPSA) is 60.0 Å². The lowest BCUT2D eigenvalue weighted by molar-refractivity contribution is 0.0944. The zero-order valence-electron chi connectivity index (χ0n) is 8.99. The number of nitrogen functional groups attached to an aromatic ring is 1. The minimum atomic E-state index is -0.0325. The number of hydrogen-bond donors (Lipinski definition) is 2. The lowest BCUT2D eigenvalue weighted by atomic mass is 10.3. The number of anilines is 1. The molecular formula is C11H17N3O. The van der Waals surface area contributed by atoms with Gasteiger partial charge in [0.25, 0.3) is 5.91 Å². The van der Waals surface area contributed by atoms with Crippen LogP contribution in [0.3, 0.4) is 0 Å². The van der Waals surface area contributed by atoms with E-state index in [1.165, 1.54) is 12.8 Å². The highest BCUT2D eigenvalue weighted by molar-refractivity contribution is 5.93. The van der Waals surface area contributed by atoms with Crippen LogP contribution >= 0.6 is 0 Å². The third-order valence-corrected chi connectivity index (χ3v) is 2.79. The van der Waals surface area contributed by atoms with E-state index in [0.717, 1.165) is 18.9 Å². The molecule has 0 radical (unpaired) electrons. The first-order valence-electron chi connectivity index (χ1n) is 5.37. The first-order chi connectivity index (χ1) is 7.16. The number of nitrogens with two attached hydrogens (primary N) is 1. The molecule has 0 spiro atoms. The number of nitrogens with one attached hydrogen (secondary N) is 1. The fourth-order valence-corrected chi connectivity index (χ4v) is 1.70. The Kier molecular flexibility index (Phi) is 2.66. The van der Waals surface area contributed by atoms with E-state index < -0.39 is 0 Å². The van der Waals surface area contributed by atoms with Crippen molar-refractivity contribution >= 4 is 11.6 Å². The number of carbonyl (C=O) groups excluding carboxylic acids is 1. The van der Waals surface area contributed by atoms with Gasteiger partial charge in [0.15, 0.2) is 0 Å².